The Bertz CT molecular complexity index is 1020. The Hall–Kier alpha value is -3.13. The van der Waals surface area contributed by atoms with Crippen LogP contribution in [-0.4, -0.2) is 41.0 Å². The van der Waals surface area contributed by atoms with E-state index in [1.807, 2.05) is 54.6 Å². The van der Waals surface area contributed by atoms with Crippen LogP contribution in [0.15, 0.2) is 60.7 Å². The summed E-state index contributed by atoms with van der Waals surface area (Å²) in [4.78, 5) is 10.2. The van der Waals surface area contributed by atoms with E-state index in [9.17, 15) is 13.2 Å². The number of hydrogen-bond donors (Lipinski definition) is 2. The van der Waals surface area contributed by atoms with Gasteiger partial charge in [0, 0.05) is 25.7 Å². The first kappa shape index (κ1) is 23.0. The summed E-state index contributed by atoms with van der Waals surface area (Å²) < 4.78 is 40.1. The van der Waals surface area contributed by atoms with Crippen molar-refractivity contribution in [2.75, 3.05) is 36.8 Å². The molecule has 1 saturated heterocycles. The average Bonchev–Trinajstić information content (AvgIpc) is 2.84. The molecule has 0 amide bonds. The molecule has 4 rings (SSSR count). The average molecular weight is 456 g/mol. The summed E-state index contributed by atoms with van der Waals surface area (Å²) in [6.07, 6.45) is -0.967. The molecule has 2 heterocycles. The lowest BCUT2D eigenvalue weighted by molar-refractivity contribution is -0.141. The molecule has 33 heavy (non-hydrogen) atoms. The smallest absolute Gasteiger partial charge is 0.366 e. The molecule has 2 aromatic carbocycles. The number of likely N-dealkylation sites (tertiary alicyclic amines) is 1. The number of halogens is 3. The number of rotatable bonds is 8. The summed E-state index contributed by atoms with van der Waals surface area (Å²) in [6.45, 7) is 3.68. The summed E-state index contributed by atoms with van der Waals surface area (Å²) in [5.41, 5.74) is 2.19. The Morgan fingerprint density at radius 3 is 2.21 bits per heavy atom. The van der Waals surface area contributed by atoms with E-state index in [4.69, 9.17) is 0 Å². The second-order valence-corrected chi connectivity index (χ2v) is 8.21. The maximum absolute atomic E-state index is 13.4. The first-order valence-electron chi connectivity index (χ1n) is 11.3. The van der Waals surface area contributed by atoms with E-state index < -0.39 is 11.9 Å². The number of benzene rings is 2. The van der Waals surface area contributed by atoms with Crippen LogP contribution in [0.2, 0.25) is 0 Å². The third kappa shape index (κ3) is 6.68. The molecule has 174 valence electrons. The maximum Gasteiger partial charge on any atom is 0.433 e. The van der Waals surface area contributed by atoms with Crippen molar-refractivity contribution in [3.8, 4) is 11.1 Å². The molecular weight excluding hydrogens is 427 g/mol. The molecule has 1 aliphatic rings. The van der Waals surface area contributed by atoms with E-state index in [1.54, 1.807) is 0 Å². The van der Waals surface area contributed by atoms with Crippen LogP contribution in [0.25, 0.3) is 11.1 Å². The van der Waals surface area contributed by atoms with Gasteiger partial charge < -0.3 is 15.5 Å². The standard InChI is InChI=1S/C25H28F3N5/c26-25(27,28)22-17-23(32-24(31-22)29-13-16-33-14-5-2-6-15-33)30-18-19-9-11-21(12-10-19)20-7-3-1-4-8-20/h1,3-4,7-12,17H,2,5-6,13-16,18H2,(H2,29,30,31,32). The summed E-state index contributed by atoms with van der Waals surface area (Å²) >= 11 is 0. The fourth-order valence-electron chi connectivity index (χ4n) is 3.91. The van der Waals surface area contributed by atoms with Gasteiger partial charge in [0.05, 0.1) is 0 Å². The summed E-state index contributed by atoms with van der Waals surface area (Å²) in [5, 5.41) is 5.98. The zero-order valence-electron chi connectivity index (χ0n) is 18.4. The van der Waals surface area contributed by atoms with E-state index >= 15 is 0 Å². The molecule has 0 aliphatic carbocycles. The van der Waals surface area contributed by atoms with Gasteiger partial charge in [-0.2, -0.15) is 18.2 Å². The third-order valence-electron chi connectivity index (χ3n) is 5.71. The largest absolute Gasteiger partial charge is 0.433 e. The minimum atomic E-state index is -4.54. The fourth-order valence-corrected chi connectivity index (χ4v) is 3.91. The van der Waals surface area contributed by atoms with E-state index in [0.29, 0.717) is 13.1 Å². The summed E-state index contributed by atoms with van der Waals surface area (Å²) in [6, 6.07) is 18.9. The number of alkyl halides is 3. The Kier molecular flexibility index (Phi) is 7.44. The lowest BCUT2D eigenvalue weighted by atomic mass is 10.0. The van der Waals surface area contributed by atoms with E-state index in [0.717, 1.165) is 42.4 Å². The van der Waals surface area contributed by atoms with Crippen molar-refractivity contribution in [1.29, 1.82) is 0 Å². The van der Waals surface area contributed by atoms with Crippen LogP contribution in [0.4, 0.5) is 24.9 Å². The number of nitrogens with one attached hydrogen (secondary N) is 2. The first-order chi connectivity index (χ1) is 16.0. The van der Waals surface area contributed by atoms with Gasteiger partial charge >= 0.3 is 6.18 Å². The molecule has 0 bridgehead atoms. The molecule has 0 saturated carbocycles. The van der Waals surface area contributed by atoms with Gasteiger partial charge in [0.25, 0.3) is 0 Å². The Labute approximate surface area is 192 Å². The van der Waals surface area contributed by atoms with Crippen molar-refractivity contribution >= 4 is 11.8 Å². The molecule has 0 unspecified atom stereocenters. The van der Waals surface area contributed by atoms with E-state index in [1.165, 1.54) is 19.3 Å². The minimum Gasteiger partial charge on any atom is -0.366 e. The van der Waals surface area contributed by atoms with Crippen molar-refractivity contribution in [2.24, 2.45) is 0 Å². The number of aromatic nitrogens is 2. The molecule has 5 nitrogen and oxygen atoms in total. The first-order valence-corrected chi connectivity index (χ1v) is 11.3. The number of anilines is 2. The quantitative estimate of drug-likeness (QED) is 0.458. The lowest BCUT2D eigenvalue weighted by Crippen LogP contribution is -2.34. The molecular formula is C25H28F3N5. The second kappa shape index (κ2) is 10.7. The van der Waals surface area contributed by atoms with Crippen LogP contribution >= 0.6 is 0 Å². The summed E-state index contributed by atoms with van der Waals surface area (Å²) in [5.74, 6) is 0.133. The predicted octanol–water partition coefficient (Wildman–Crippen LogP) is 5.67. The molecule has 1 aliphatic heterocycles. The zero-order chi connectivity index (χ0) is 23.1. The Morgan fingerprint density at radius 1 is 0.818 bits per heavy atom. The van der Waals surface area contributed by atoms with Gasteiger partial charge in [-0.1, -0.05) is 61.0 Å². The lowest BCUT2D eigenvalue weighted by Gasteiger charge is -2.26. The van der Waals surface area contributed by atoms with Gasteiger partial charge in [-0.3, -0.25) is 0 Å². The highest BCUT2D eigenvalue weighted by atomic mass is 19.4. The minimum absolute atomic E-state index is 0.0104. The Balaban J connectivity index is 1.40. The molecule has 0 atom stereocenters. The van der Waals surface area contributed by atoms with Crippen molar-refractivity contribution in [1.82, 2.24) is 14.9 Å². The van der Waals surface area contributed by atoms with Crippen molar-refractivity contribution in [3.63, 3.8) is 0 Å². The molecule has 1 aromatic heterocycles. The monoisotopic (exact) mass is 455 g/mol. The van der Waals surface area contributed by atoms with Crippen molar-refractivity contribution < 1.29 is 13.2 Å². The SMILES string of the molecule is FC(F)(F)c1cc(NCc2ccc(-c3ccccc3)cc2)nc(NCCN2CCCCC2)n1. The van der Waals surface area contributed by atoms with Crippen LogP contribution in [0.3, 0.4) is 0 Å². The molecule has 1 fully saturated rings. The van der Waals surface area contributed by atoms with Crippen LogP contribution in [0, 0.1) is 0 Å². The topological polar surface area (TPSA) is 53.1 Å². The Morgan fingerprint density at radius 2 is 1.52 bits per heavy atom. The number of piperidine rings is 1. The normalized spacial score (nSPS) is 14.8. The van der Waals surface area contributed by atoms with Crippen LogP contribution in [0.5, 0.6) is 0 Å². The van der Waals surface area contributed by atoms with E-state index in [2.05, 4.69) is 25.5 Å². The summed E-state index contributed by atoms with van der Waals surface area (Å²) in [7, 11) is 0. The van der Waals surface area contributed by atoms with Gasteiger partial charge in [0.2, 0.25) is 5.95 Å². The molecule has 8 heteroatoms. The highest BCUT2D eigenvalue weighted by Gasteiger charge is 2.33. The predicted molar refractivity (Wildman–Crippen MR) is 125 cm³/mol. The van der Waals surface area contributed by atoms with Crippen LogP contribution < -0.4 is 10.6 Å². The molecule has 0 spiro atoms. The van der Waals surface area contributed by atoms with Crippen molar-refractivity contribution in [2.45, 2.75) is 32.0 Å². The van der Waals surface area contributed by atoms with Crippen molar-refractivity contribution in [3.05, 3.63) is 71.9 Å². The number of hydrogen-bond acceptors (Lipinski definition) is 5. The van der Waals surface area contributed by atoms with Gasteiger partial charge in [0.1, 0.15) is 5.82 Å². The maximum atomic E-state index is 13.4. The number of nitrogens with zero attached hydrogens (tertiary/aromatic N) is 3. The van der Waals surface area contributed by atoms with Gasteiger partial charge in [-0.25, -0.2) is 4.98 Å². The molecule has 3 aromatic rings. The zero-order valence-corrected chi connectivity index (χ0v) is 18.4. The van der Waals surface area contributed by atoms with Gasteiger partial charge in [-0.15, -0.1) is 0 Å². The van der Waals surface area contributed by atoms with Gasteiger partial charge in [0.15, 0.2) is 5.69 Å². The van der Waals surface area contributed by atoms with Crippen LogP contribution in [-0.2, 0) is 12.7 Å². The molecule has 0 radical (unpaired) electrons. The van der Waals surface area contributed by atoms with Crippen LogP contribution in [0.1, 0.15) is 30.5 Å². The molecule has 2 N–H and O–H groups in total. The highest BCUT2D eigenvalue weighted by Crippen LogP contribution is 2.30. The van der Waals surface area contributed by atoms with E-state index in [-0.39, 0.29) is 11.8 Å². The second-order valence-electron chi connectivity index (χ2n) is 8.21. The third-order valence-corrected chi connectivity index (χ3v) is 5.71. The fraction of sp³-hybridized carbons (Fsp3) is 0.360. The highest BCUT2D eigenvalue weighted by molar-refractivity contribution is 5.63. The van der Waals surface area contributed by atoms with Gasteiger partial charge in [-0.05, 0) is 42.6 Å².